The van der Waals surface area contributed by atoms with Crippen molar-refractivity contribution in [2.24, 2.45) is 0 Å². The second kappa shape index (κ2) is 7.23. The summed E-state index contributed by atoms with van der Waals surface area (Å²) in [6, 6.07) is 7.81. The minimum atomic E-state index is 0.591. The molecule has 1 saturated heterocycles. The Bertz CT molecular complexity index is 524. The first-order valence-electron chi connectivity index (χ1n) is 9.22. The van der Waals surface area contributed by atoms with Crippen molar-refractivity contribution in [2.75, 3.05) is 44.8 Å². The lowest BCUT2D eigenvalue weighted by molar-refractivity contribution is 0.117. The van der Waals surface area contributed by atoms with E-state index in [1.807, 2.05) is 0 Å². The van der Waals surface area contributed by atoms with Crippen molar-refractivity contribution in [2.45, 2.75) is 51.5 Å². The molecule has 0 aromatic heterocycles. The fourth-order valence-electron chi connectivity index (χ4n) is 3.80. The van der Waals surface area contributed by atoms with Crippen molar-refractivity contribution in [3.63, 3.8) is 0 Å². The lowest BCUT2D eigenvalue weighted by atomic mass is 9.93. The van der Waals surface area contributed by atoms with Crippen molar-refractivity contribution >= 4 is 5.69 Å². The molecule has 0 radical (unpaired) electrons. The van der Waals surface area contributed by atoms with Crippen LogP contribution in [0, 0.1) is 0 Å². The van der Waals surface area contributed by atoms with E-state index in [1.54, 1.807) is 18.2 Å². The van der Waals surface area contributed by atoms with Crippen LogP contribution in [-0.4, -0.2) is 50.8 Å². The van der Waals surface area contributed by atoms with Crippen molar-refractivity contribution < 1.29 is 4.74 Å². The number of anilines is 1. The summed E-state index contributed by atoms with van der Waals surface area (Å²) in [5.74, 6) is 1.46. The molecule has 0 bridgehead atoms. The molecule has 1 aromatic carbocycles. The predicted octanol–water partition coefficient (Wildman–Crippen LogP) is 3.84. The number of hydrogen-bond acceptors (Lipinski definition) is 3. The summed E-state index contributed by atoms with van der Waals surface area (Å²) < 4.78 is 5.23. The molecule has 3 heteroatoms. The molecule has 1 aliphatic carbocycles. The molecule has 23 heavy (non-hydrogen) atoms. The molecular formula is C20H32N2O. The summed E-state index contributed by atoms with van der Waals surface area (Å²) in [6.45, 7) is 12.2. The average Bonchev–Trinajstić information content (AvgIpc) is 3.38. The van der Waals surface area contributed by atoms with Crippen molar-refractivity contribution in [3.8, 4) is 0 Å². The maximum atomic E-state index is 5.23. The molecular weight excluding hydrogens is 284 g/mol. The fraction of sp³-hybridized carbons (Fsp3) is 0.700. The molecule has 1 aromatic rings. The fourth-order valence-corrected chi connectivity index (χ4v) is 3.80. The lowest BCUT2D eigenvalue weighted by Crippen LogP contribution is -2.52. The highest BCUT2D eigenvalue weighted by atomic mass is 16.5. The van der Waals surface area contributed by atoms with Crippen molar-refractivity contribution in [1.29, 1.82) is 0 Å². The minimum Gasteiger partial charge on any atom is -0.383 e. The first-order valence-corrected chi connectivity index (χ1v) is 9.22. The van der Waals surface area contributed by atoms with E-state index in [2.05, 4.69) is 48.8 Å². The van der Waals surface area contributed by atoms with Crippen molar-refractivity contribution in [1.82, 2.24) is 4.90 Å². The molecule has 0 amide bonds. The van der Waals surface area contributed by atoms with Crippen LogP contribution < -0.4 is 4.90 Å². The summed E-state index contributed by atoms with van der Waals surface area (Å²) in [6.07, 6.45) is 2.76. The topological polar surface area (TPSA) is 15.7 Å². The van der Waals surface area contributed by atoms with Gasteiger partial charge in [-0.15, -0.1) is 0 Å². The lowest BCUT2D eigenvalue weighted by Gasteiger charge is -2.41. The zero-order valence-corrected chi connectivity index (χ0v) is 15.2. The molecule has 2 fully saturated rings. The zero-order valence-electron chi connectivity index (χ0n) is 15.2. The van der Waals surface area contributed by atoms with Gasteiger partial charge in [0.2, 0.25) is 0 Å². The normalized spacial score (nSPS) is 22.8. The highest BCUT2D eigenvalue weighted by Gasteiger charge is 2.29. The predicted molar refractivity (Wildman–Crippen MR) is 97.6 cm³/mol. The van der Waals surface area contributed by atoms with Crippen LogP contribution in [0.25, 0.3) is 0 Å². The standard InChI is InChI=1S/C20H32N2O/c1-15(2)19-8-7-18(13-20(19)17-5-6-17)22-10-9-21(11-12-23-4)16(3)14-22/h7-8,13,15-17H,5-6,9-12,14H2,1-4H3. The molecule has 1 heterocycles. The summed E-state index contributed by atoms with van der Waals surface area (Å²) in [7, 11) is 1.79. The maximum Gasteiger partial charge on any atom is 0.0589 e. The molecule has 3 rings (SSSR count). The van der Waals surface area contributed by atoms with E-state index in [9.17, 15) is 0 Å². The summed E-state index contributed by atoms with van der Waals surface area (Å²) in [5, 5.41) is 0. The Morgan fingerprint density at radius 2 is 2.00 bits per heavy atom. The number of benzene rings is 1. The van der Waals surface area contributed by atoms with Gasteiger partial charge in [-0.05, 0) is 54.9 Å². The number of hydrogen-bond donors (Lipinski definition) is 0. The van der Waals surface area contributed by atoms with Gasteiger partial charge in [-0.2, -0.15) is 0 Å². The first kappa shape index (κ1) is 16.8. The molecule has 0 spiro atoms. The molecule has 1 aliphatic heterocycles. The van der Waals surface area contributed by atoms with Crippen LogP contribution in [0.2, 0.25) is 0 Å². The van der Waals surface area contributed by atoms with E-state index in [4.69, 9.17) is 4.74 Å². The SMILES string of the molecule is COCCN1CCN(c2ccc(C(C)C)c(C3CC3)c2)CC1C. The summed E-state index contributed by atoms with van der Waals surface area (Å²) in [4.78, 5) is 5.12. The summed E-state index contributed by atoms with van der Waals surface area (Å²) >= 11 is 0. The van der Waals surface area contributed by atoms with Gasteiger partial charge in [0.25, 0.3) is 0 Å². The molecule has 2 aliphatic rings. The van der Waals surface area contributed by atoms with Crippen molar-refractivity contribution in [3.05, 3.63) is 29.3 Å². The van der Waals surface area contributed by atoms with E-state index in [0.717, 1.165) is 38.7 Å². The van der Waals surface area contributed by atoms with Gasteiger partial charge in [0.15, 0.2) is 0 Å². The second-order valence-electron chi connectivity index (χ2n) is 7.57. The zero-order chi connectivity index (χ0) is 16.4. The Morgan fingerprint density at radius 3 is 2.61 bits per heavy atom. The third-order valence-electron chi connectivity index (χ3n) is 5.42. The Morgan fingerprint density at radius 1 is 1.22 bits per heavy atom. The molecule has 1 saturated carbocycles. The van der Waals surface area contributed by atoms with Crippen LogP contribution in [0.1, 0.15) is 56.6 Å². The number of ether oxygens (including phenoxy) is 1. The van der Waals surface area contributed by atoms with Gasteiger partial charge in [0.1, 0.15) is 0 Å². The van der Waals surface area contributed by atoms with Crippen LogP contribution in [0.3, 0.4) is 0 Å². The molecule has 1 atom stereocenters. The van der Waals surface area contributed by atoms with E-state index in [1.165, 1.54) is 18.5 Å². The van der Waals surface area contributed by atoms with E-state index < -0.39 is 0 Å². The molecule has 0 N–H and O–H groups in total. The quantitative estimate of drug-likeness (QED) is 0.793. The Balaban J connectivity index is 1.71. The summed E-state index contributed by atoms with van der Waals surface area (Å²) in [5.41, 5.74) is 4.60. The van der Waals surface area contributed by atoms with Gasteiger partial charge >= 0.3 is 0 Å². The number of methoxy groups -OCH3 is 1. The van der Waals surface area contributed by atoms with Crippen LogP contribution in [0.15, 0.2) is 18.2 Å². The minimum absolute atomic E-state index is 0.591. The van der Waals surface area contributed by atoms with E-state index in [-0.39, 0.29) is 0 Å². The van der Waals surface area contributed by atoms with Crippen LogP contribution in [-0.2, 0) is 4.74 Å². The van der Waals surface area contributed by atoms with Gasteiger partial charge in [-0.3, -0.25) is 4.90 Å². The van der Waals surface area contributed by atoms with Crippen LogP contribution in [0.5, 0.6) is 0 Å². The Labute approximate surface area is 141 Å². The van der Waals surface area contributed by atoms with Crippen LogP contribution >= 0.6 is 0 Å². The monoisotopic (exact) mass is 316 g/mol. The number of piperazine rings is 1. The van der Waals surface area contributed by atoms with E-state index in [0.29, 0.717) is 12.0 Å². The number of rotatable bonds is 6. The Hall–Kier alpha value is -1.06. The largest absolute Gasteiger partial charge is 0.383 e. The van der Waals surface area contributed by atoms with Gasteiger partial charge in [0, 0.05) is 45.0 Å². The van der Waals surface area contributed by atoms with Crippen LogP contribution in [0.4, 0.5) is 5.69 Å². The molecule has 128 valence electrons. The smallest absolute Gasteiger partial charge is 0.0589 e. The average molecular weight is 316 g/mol. The second-order valence-corrected chi connectivity index (χ2v) is 7.57. The molecule has 1 unspecified atom stereocenters. The Kier molecular flexibility index (Phi) is 5.27. The number of nitrogens with zero attached hydrogens (tertiary/aromatic N) is 2. The van der Waals surface area contributed by atoms with E-state index >= 15 is 0 Å². The van der Waals surface area contributed by atoms with Gasteiger partial charge in [-0.1, -0.05) is 19.9 Å². The molecule has 3 nitrogen and oxygen atoms in total. The highest BCUT2D eigenvalue weighted by molar-refractivity contribution is 5.54. The highest BCUT2D eigenvalue weighted by Crippen LogP contribution is 2.44. The maximum absolute atomic E-state index is 5.23. The third-order valence-corrected chi connectivity index (χ3v) is 5.42. The third kappa shape index (κ3) is 3.89. The van der Waals surface area contributed by atoms with Gasteiger partial charge in [0.05, 0.1) is 6.61 Å². The van der Waals surface area contributed by atoms with Gasteiger partial charge in [-0.25, -0.2) is 0 Å². The van der Waals surface area contributed by atoms with Gasteiger partial charge < -0.3 is 9.64 Å². The first-order chi connectivity index (χ1) is 11.1.